The quantitative estimate of drug-likeness (QED) is 0.00810. The molecule has 0 aliphatic heterocycles. The summed E-state index contributed by atoms with van der Waals surface area (Å²) in [5.41, 5.74) is 20.8. The van der Waals surface area contributed by atoms with E-state index in [0.29, 0.717) is 144 Å². The minimum Gasteiger partial charge on any atom is -0.481 e. The molecule has 0 atom stereocenters. The van der Waals surface area contributed by atoms with Crippen molar-refractivity contribution in [3.8, 4) is 18.2 Å². The van der Waals surface area contributed by atoms with Crippen LogP contribution in [-0.4, -0.2) is 153 Å². The largest absolute Gasteiger partial charge is 0.481 e. The molecule has 130 heavy (non-hydrogen) atoms. The van der Waals surface area contributed by atoms with Crippen molar-refractivity contribution in [3.05, 3.63) is 313 Å². The molecule has 15 aromatic rings. The number of aromatic nitrogens is 5. The Balaban J connectivity index is 0.000000157. The molecule has 0 aliphatic rings. The molecule has 5 amide bonds. The molecule has 0 aliphatic carbocycles. The number of nitrogens with zero attached hydrogens (tertiary/aromatic N) is 5. The number of pyridine rings is 5. The van der Waals surface area contributed by atoms with E-state index in [0.717, 1.165) is 39.2 Å². The van der Waals surface area contributed by atoms with Crippen LogP contribution in [-0.2, 0) is 62.7 Å². The third kappa shape index (κ3) is 25.8. The van der Waals surface area contributed by atoms with Crippen molar-refractivity contribution < 1.29 is 100 Å². The Hall–Kier alpha value is -12.4. The maximum absolute atomic E-state index is 14.4. The first kappa shape index (κ1) is 98.2. The van der Waals surface area contributed by atoms with Crippen molar-refractivity contribution in [1.82, 2.24) is 52.3 Å². The third-order valence-electron chi connectivity index (χ3n) is 19.2. The second-order valence-corrected chi connectivity index (χ2v) is 33.9. The summed E-state index contributed by atoms with van der Waals surface area (Å²) in [6.45, 7) is 8.22. The van der Waals surface area contributed by atoms with Crippen LogP contribution >= 0.6 is 56.7 Å². The van der Waals surface area contributed by atoms with Crippen LogP contribution in [0.2, 0.25) is 0 Å². The minimum absolute atomic E-state index is 0.00546. The van der Waals surface area contributed by atoms with Crippen LogP contribution in [0, 0.1) is 69.1 Å². The summed E-state index contributed by atoms with van der Waals surface area (Å²) in [6, 6.07) is 42.6. The van der Waals surface area contributed by atoms with Crippen LogP contribution in [0.3, 0.4) is 0 Å². The number of aliphatic hydroxyl groups is 5. The SMILES string of the molecule is C#Cc1ccc(Cc2sc3ncccc3c2C(=O)NOCCO)c(F)c1.CCc1ccc(Cc2sc3ncccc3c2C(=O)NOCCO)c(F)c1.COc1ccc2c(C(=O)NOCCO)c(Cc3ccc(C)cc3F)sc2n1.Cc1ccc(Cc2sc3nc(C)ccc3c2C(=O)NOCCO)c(F)c1.Cc1ccc(Cc2sc3ncccc3c2C(=O)NOCCO)c(F)c1. The lowest BCUT2D eigenvalue weighted by molar-refractivity contribution is 0.0166. The molecule has 36 heteroatoms. The van der Waals surface area contributed by atoms with Gasteiger partial charge >= 0.3 is 0 Å². The molecule has 5 aromatic carbocycles. The first-order valence-corrected chi connectivity index (χ1v) is 44.3. The highest BCUT2D eigenvalue weighted by Crippen LogP contribution is 2.39. The van der Waals surface area contributed by atoms with E-state index in [2.05, 4.69) is 58.2 Å². The van der Waals surface area contributed by atoms with E-state index in [9.17, 15) is 45.9 Å². The van der Waals surface area contributed by atoms with Gasteiger partial charge in [0.15, 0.2) is 0 Å². The number of halogens is 5. The zero-order chi connectivity index (χ0) is 92.9. The predicted molar refractivity (Wildman–Crippen MR) is 489 cm³/mol. The number of terminal acetylenes is 1. The monoisotopic (exact) mass is 1870 g/mol. The maximum Gasteiger partial charge on any atom is 0.276 e. The van der Waals surface area contributed by atoms with Gasteiger partial charge in [-0.15, -0.1) is 63.1 Å². The Bertz CT molecular complexity index is 6560. The number of nitrogens with one attached hydrogen (secondary N) is 5. The Labute approximate surface area is 762 Å². The lowest BCUT2D eigenvalue weighted by atomic mass is 10.0. The number of thiophene rings is 5. The van der Waals surface area contributed by atoms with Crippen molar-refractivity contribution in [2.75, 3.05) is 73.2 Å². The van der Waals surface area contributed by atoms with Gasteiger partial charge in [-0.05, 0) is 175 Å². The van der Waals surface area contributed by atoms with Gasteiger partial charge in [0.25, 0.3) is 29.5 Å². The van der Waals surface area contributed by atoms with Gasteiger partial charge in [-0.25, -0.2) is 74.3 Å². The average Bonchev–Trinajstić information content (AvgIpc) is 1.64. The fourth-order valence-corrected chi connectivity index (χ4v) is 19.0. The Morgan fingerprint density at radius 3 is 0.962 bits per heavy atom. The van der Waals surface area contributed by atoms with Crippen LogP contribution in [0.1, 0.15) is 144 Å². The first-order valence-electron chi connectivity index (χ1n) is 40.3. The van der Waals surface area contributed by atoms with Gasteiger partial charge in [-0.2, -0.15) is 0 Å². The molecule has 0 bridgehead atoms. The third-order valence-corrected chi connectivity index (χ3v) is 24.8. The molecule has 0 fully saturated rings. The molecule has 15 rings (SSSR count). The number of carbonyl (C=O) groups excluding carboxylic acids is 5. The minimum atomic E-state index is -0.468. The topological polar surface area (TPSA) is 366 Å². The molecule has 0 saturated heterocycles. The van der Waals surface area contributed by atoms with Gasteiger partial charge in [0, 0.05) is 119 Å². The fraction of sp³-hybridized carbons (Fsp3) is 0.234. The number of rotatable bonds is 32. The number of aliphatic hydroxyl groups excluding tert-OH is 5. The highest BCUT2D eigenvalue weighted by molar-refractivity contribution is 7.20. The highest BCUT2D eigenvalue weighted by atomic mass is 32.1. The second-order valence-electron chi connectivity index (χ2n) is 28.5. The molecule has 676 valence electrons. The van der Waals surface area contributed by atoms with Crippen LogP contribution in [0.5, 0.6) is 5.88 Å². The van der Waals surface area contributed by atoms with E-state index < -0.39 is 35.4 Å². The van der Waals surface area contributed by atoms with Gasteiger partial charge in [0.1, 0.15) is 53.2 Å². The highest BCUT2D eigenvalue weighted by Gasteiger charge is 2.28. The van der Waals surface area contributed by atoms with Gasteiger partial charge in [-0.1, -0.05) is 67.4 Å². The number of hydrogen-bond donors (Lipinski definition) is 10. The fourth-order valence-electron chi connectivity index (χ4n) is 13.1. The lowest BCUT2D eigenvalue weighted by Gasteiger charge is -2.08. The molecule has 0 unspecified atom stereocenters. The van der Waals surface area contributed by atoms with Gasteiger partial charge in [0.2, 0.25) is 5.88 Å². The Morgan fingerprint density at radius 2 is 0.662 bits per heavy atom. The van der Waals surface area contributed by atoms with Crippen molar-refractivity contribution in [2.24, 2.45) is 0 Å². The van der Waals surface area contributed by atoms with E-state index in [1.807, 2.05) is 71.0 Å². The van der Waals surface area contributed by atoms with Crippen LogP contribution in [0.25, 0.3) is 51.1 Å². The molecule has 26 nitrogen and oxygen atoms in total. The Morgan fingerprint density at radius 1 is 0.369 bits per heavy atom. The molecule has 10 aromatic heterocycles. The molecule has 0 radical (unpaired) electrons. The Kier molecular flexibility index (Phi) is 36.5. The molecular formula is C94H89F5N10O16S5. The zero-order valence-corrected chi connectivity index (χ0v) is 75.0. The molecule has 0 saturated carbocycles. The van der Waals surface area contributed by atoms with Crippen LogP contribution < -0.4 is 32.1 Å². The van der Waals surface area contributed by atoms with E-state index in [1.54, 1.807) is 104 Å². The molecule has 0 spiro atoms. The van der Waals surface area contributed by atoms with Crippen molar-refractivity contribution in [1.29, 1.82) is 0 Å². The predicted octanol–water partition coefficient (Wildman–Crippen LogP) is 15.2. The molecule has 10 N–H and O–H groups in total. The van der Waals surface area contributed by atoms with E-state index in [4.69, 9.17) is 60.9 Å². The van der Waals surface area contributed by atoms with Gasteiger partial charge < -0.3 is 30.3 Å². The number of carbonyl (C=O) groups is 5. The smallest absolute Gasteiger partial charge is 0.276 e. The molecular weight excluding hydrogens is 1780 g/mol. The number of benzene rings is 5. The number of hydrogen-bond acceptors (Lipinski definition) is 26. The van der Waals surface area contributed by atoms with Crippen LogP contribution in [0.15, 0.2) is 170 Å². The summed E-state index contributed by atoms with van der Waals surface area (Å²) in [4.78, 5) is 116. The summed E-state index contributed by atoms with van der Waals surface area (Å²) >= 11 is 6.71. The average molecular weight is 1870 g/mol. The van der Waals surface area contributed by atoms with Crippen molar-refractivity contribution in [3.63, 3.8) is 0 Å². The number of aryl methyl sites for hydroxylation is 5. The summed E-state index contributed by atoms with van der Waals surface area (Å²) in [7, 11) is 1.51. The summed E-state index contributed by atoms with van der Waals surface area (Å²) < 4.78 is 76.6. The number of methoxy groups -OCH3 is 1. The van der Waals surface area contributed by atoms with E-state index >= 15 is 0 Å². The zero-order valence-electron chi connectivity index (χ0n) is 71.0. The standard InChI is InChI=1S/C19H19FN2O4S.2C19H19FN2O3S.C19H15FN2O3S.C18H17FN2O3S/c1-11-3-4-12(14(20)9-11)10-15-17(18(24)22-26-8-7-23)13-5-6-16(25-2)21-19(13)27-15;1-11-3-5-13(15(20)9-11)10-16-17(18(24)22-25-8-7-23)14-6-4-12(2)21-19(14)26-16;2*1-2-12-5-6-13(15(20)10-12)11-16-17(18(24)22-25-9-8-23)14-4-3-7-21-19(14)26-16;1-11-4-5-12(14(19)9-11)10-15-16(17(23)21-24-8-7-22)13-3-2-6-20-18(13)25-15/h3-6,9,23H,7-8,10H2,1-2H3,(H,22,24);3-6,9,23H,7-8,10H2,1-2H3,(H,22,24);3-7,10,23H,2,8-9,11H2,1H3,(H,22,24);1,3-7,10,23H,8-9,11H2,(H,22,24);2-6,9,22H,7-8,10H2,1H3,(H,21,23). The van der Waals surface area contributed by atoms with Crippen molar-refractivity contribution in [2.45, 2.75) is 73.1 Å². The molecule has 10 heterocycles. The number of hydroxylamine groups is 5. The number of fused-ring (bicyclic) bond motifs is 5. The van der Waals surface area contributed by atoms with Crippen molar-refractivity contribution >= 4 is 137 Å². The van der Waals surface area contributed by atoms with E-state index in [-0.39, 0.29) is 115 Å². The summed E-state index contributed by atoms with van der Waals surface area (Å²) in [5, 5.41) is 47.3. The number of ether oxygens (including phenoxy) is 1. The summed E-state index contributed by atoms with van der Waals surface area (Å²) in [5.74, 6) is -1.03. The van der Waals surface area contributed by atoms with Crippen LogP contribution in [0.4, 0.5) is 22.0 Å². The lowest BCUT2D eigenvalue weighted by Crippen LogP contribution is -2.25. The summed E-state index contributed by atoms with van der Waals surface area (Å²) in [6.07, 6.45) is 12.3. The second kappa shape index (κ2) is 48.3. The normalized spacial score (nSPS) is 10.9. The maximum atomic E-state index is 14.4. The van der Waals surface area contributed by atoms with E-state index in [1.165, 1.54) is 94.1 Å². The first-order chi connectivity index (χ1) is 62.9. The van der Waals surface area contributed by atoms with Gasteiger partial charge in [0.05, 0.1) is 101 Å². The van der Waals surface area contributed by atoms with Gasteiger partial charge in [-0.3, -0.25) is 48.2 Å². The number of amides is 5.